The number of rotatable bonds is 7. The van der Waals surface area contributed by atoms with Crippen LogP contribution < -0.4 is 5.32 Å². The van der Waals surface area contributed by atoms with Gasteiger partial charge in [-0.05, 0) is 49.6 Å². The molecule has 1 aliphatic rings. The lowest BCUT2D eigenvalue weighted by Crippen LogP contribution is -2.42. The molecule has 6 heteroatoms. The normalized spacial score (nSPS) is 16.3. The highest BCUT2D eigenvalue weighted by Crippen LogP contribution is 2.39. The summed E-state index contributed by atoms with van der Waals surface area (Å²) in [5, 5.41) is 2.94. The summed E-state index contributed by atoms with van der Waals surface area (Å²) in [7, 11) is -3.49. The van der Waals surface area contributed by atoms with Crippen molar-refractivity contribution in [2.24, 2.45) is 0 Å². The van der Waals surface area contributed by atoms with Crippen molar-refractivity contribution in [3.8, 4) is 0 Å². The Labute approximate surface area is 172 Å². The van der Waals surface area contributed by atoms with Crippen LogP contribution in [0.1, 0.15) is 49.7 Å². The summed E-state index contributed by atoms with van der Waals surface area (Å²) < 4.78 is 38.2. The number of sulfone groups is 1. The molecule has 3 rings (SSSR count). The molecule has 29 heavy (non-hydrogen) atoms. The fraction of sp³-hybridized carbons (Fsp3) is 0.435. The largest absolute Gasteiger partial charge is 0.355 e. The van der Waals surface area contributed by atoms with E-state index in [9.17, 15) is 17.6 Å². The van der Waals surface area contributed by atoms with E-state index in [1.54, 1.807) is 36.4 Å². The van der Waals surface area contributed by atoms with Crippen molar-refractivity contribution >= 4 is 15.7 Å². The molecule has 2 aromatic carbocycles. The molecule has 0 spiro atoms. The molecule has 0 atom stereocenters. The highest BCUT2D eigenvalue weighted by molar-refractivity contribution is 7.91. The van der Waals surface area contributed by atoms with Gasteiger partial charge in [0.2, 0.25) is 5.91 Å². The second-order valence-corrected chi connectivity index (χ2v) is 10.1. The molecule has 156 valence electrons. The van der Waals surface area contributed by atoms with Gasteiger partial charge in [0.05, 0.1) is 10.6 Å². The van der Waals surface area contributed by atoms with Gasteiger partial charge in [0.15, 0.2) is 9.84 Å². The van der Waals surface area contributed by atoms with Gasteiger partial charge in [-0.15, -0.1) is 0 Å². The minimum absolute atomic E-state index is 0.0737. The van der Waals surface area contributed by atoms with E-state index in [0.29, 0.717) is 6.54 Å². The van der Waals surface area contributed by atoms with E-state index in [4.69, 9.17) is 0 Å². The molecule has 2 aromatic rings. The Hall–Kier alpha value is -2.21. The van der Waals surface area contributed by atoms with Crippen LogP contribution in [0.2, 0.25) is 0 Å². The Bertz CT molecular complexity index is 931. The third-order valence-corrected chi connectivity index (χ3v) is 7.60. The van der Waals surface area contributed by atoms with Crippen LogP contribution in [0.3, 0.4) is 0 Å². The summed E-state index contributed by atoms with van der Waals surface area (Å²) in [5.41, 5.74) is 1.81. The smallest absolute Gasteiger partial charge is 0.221 e. The van der Waals surface area contributed by atoms with Gasteiger partial charge in [0.1, 0.15) is 5.82 Å². The number of carbonyl (C=O) groups excluding carboxylic acids is 1. The fourth-order valence-electron chi connectivity index (χ4n) is 4.05. The van der Waals surface area contributed by atoms with Gasteiger partial charge >= 0.3 is 0 Å². The molecule has 0 radical (unpaired) electrons. The summed E-state index contributed by atoms with van der Waals surface area (Å²) in [4.78, 5) is 12.7. The van der Waals surface area contributed by atoms with Crippen LogP contribution in [-0.2, 0) is 20.0 Å². The zero-order chi connectivity index (χ0) is 20.9. The first-order valence-electron chi connectivity index (χ1n) is 10.1. The fourth-order valence-corrected chi connectivity index (χ4v) is 5.29. The zero-order valence-corrected chi connectivity index (χ0v) is 17.6. The maximum atomic E-state index is 13.3. The van der Waals surface area contributed by atoms with Crippen LogP contribution >= 0.6 is 0 Å². The molecule has 0 bridgehead atoms. The molecule has 4 nitrogen and oxygen atoms in total. The first-order valence-corrected chi connectivity index (χ1v) is 11.8. The lowest BCUT2D eigenvalue weighted by Gasteiger charge is -2.38. The van der Waals surface area contributed by atoms with Gasteiger partial charge in [-0.2, -0.15) is 0 Å². The first-order chi connectivity index (χ1) is 13.8. The van der Waals surface area contributed by atoms with Crippen molar-refractivity contribution in [2.75, 3.05) is 12.3 Å². The maximum absolute atomic E-state index is 13.3. The van der Waals surface area contributed by atoms with E-state index in [1.165, 1.54) is 12.1 Å². The molecule has 0 unspecified atom stereocenters. The monoisotopic (exact) mass is 417 g/mol. The molecule has 1 aliphatic carbocycles. The molecule has 1 N–H and O–H groups in total. The highest BCUT2D eigenvalue weighted by Gasteiger charge is 2.34. The summed E-state index contributed by atoms with van der Waals surface area (Å²) in [6.45, 7) is 2.34. The Morgan fingerprint density at radius 2 is 1.62 bits per heavy atom. The van der Waals surface area contributed by atoms with Crippen LogP contribution in [0.5, 0.6) is 0 Å². The molecule has 0 aliphatic heterocycles. The van der Waals surface area contributed by atoms with Crippen molar-refractivity contribution in [2.45, 2.75) is 55.8 Å². The number of hydrogen-bond donors (Lipinski definition) is 1. The average Bonchev–Trinajstić information content (AvgIpc) is 2.72. The second kappa shape index (κ2) is 9.08. The number of carbonyl (C=O) groups is 1. The standard InChI is InChI=1S/C23H28FNO3S/c1-18-5-11-21(12-6-18)29(27,28)16-13-22(26)25-17-23(14-3-2-4-15-23)19-7-9-20(24)10-8-19/h5-12H,2-4,13-17H2,1H3,(H,25,26). The Morgan fingerprint density at radius 3 is 2.24 bits per heavy atom. The van der Waals surface area contributed by atoms with Crippen molar-refractivity contribution in [3.63, 3.8) is 0 Å². The molecule has 1 amide bonds. The second-order valence-electron chi connectivity index (χ2n) is 8.01. The van der Waals surface area contributed by atoms with Gasteiger partial charge in [0, 0.05) is 18.4 Å². The molecular weight excluding hydrogens is 389 g/mol. The predicted molar refractivity (Wildman–Crippen MR) is 112 cm³/mol. The van der Waals surface area contributed by atoms with Crippen LogP contribution in [0.4, 0.5) is 4.39 Å². The highest BCUT2D eigenvalue weighted by atomic mass is 32.2. The van der Waals surface area contributed by atoms with Gasteiger partial charge in [-0.25, -0.2) is 12.8 Å². The number of benzene rings is 2. The summed E-state index contributed by atoms with van der Waals surface area (Å²) >= 11 is 0. The quantitative estimate of drug-likeness (QED) is 0.730. The number of hydrogen-bond acceptors (Lipinski definition) is 3. The van der Waals surface area contributed by atoms with E-state index in [-0.39, 0.29) is 34.2 Å². The number of aryl methyl sites for hydroxylation is 1. The lowest BCUT2D eigenvalue weighted by molar-refractivity contribution is -0.121. The molecule has 0 heterocycles. The Morgan fingerprint density at radius 1 is 1.00 bits per heavy atom. The van der Waals surface area contributed by atoms with E-state index in [0.717, 1.165) is 43.2 Å². The number of amides is 1. The van der Waals surface area contributed by atoms with Crippen molar-refractivity contribution in [1.82, 2.24) is 5.32 Å². The lowest BCUT2D eigenvalue weighted by atomic mass is 9.69. The Balaban J connectivity index is 1.61. The molecular formula is C23H28FNO3S. The third-order valence-electron chi connectivity index (χ3n) is 5.87. The van der Waals surface area contributed by atoms with Crippen LogP contribution in [-0.4, -0.2) is 26.6 Å². The topological polar surface area (TPSA) is 63.2 Å². The Kier molecular flexibility index (Phi) is 6.73. The van der Waals surface area contributed by atoms with Gasteiger partial charge < -0.3 is 5.32 Å². The zero-order valence-electron chi connectivity index (χ0n) is 16.8. The summed E-state index contributed by atoms with van der Waals surface area (Å²) in [5.74, 6) is -0.761. The van der Waals surface area contributed by atoms with E-state index >= 15 is 0 Å². The number of nitrogens with one attached hydrogen (secondary N) is 1. The SMILES string of the molecule is Cc1ccc(S(=O)(=O)CCC(=O)NCC2(c3ccc(F)cc3)CCCCC2)cc1. The van der Waals surface area contributed by atoms with E-state index < -0.39 is 9.84 Å². The van der Waals surface area contributed by atoms with Crippen LogP contribution in [0, 0.1) is 12.7 Å². The van der Waals surface area contributed by atoms with Gasteiger partial charge in [-0.1, -0.05) is 49.1 Å². The first kappa shape index (κ1) is 21.5. The average molecular weight is 418 g/mol. The minimum atomic E-state index is -3.49. The van der Waals surface area contributed by atoms with Gasteiger partial charge in [0.25, 0.3) is 0 Å². The molecule has 0 saturated heterocycles. The van der Waals surface area contributed by atoms with Crippen LogP contribution in [0.25, 0.3) is 0 Å². The van der Waals surface area contributed by atoms with E-state index in [1.807, 2.05) is 6.92 Å². The molecule has 1 fully saturated rings. The molecule has 1 saturated carbocycles. The number of halogens is 1. The van der Waals surface area contributed by atoms with E-state index in [2.05, 4.69) is 5.32 Å². The third kappa shape index (κ3) is 5.44. The van der Waals surface area contributed by atoms with Crippen LogP contribution in [0.15, 0.2) is 53.4 Å². The van der Waals surface area contributed by atoms with Crippen molar-refractivity contribution < 1.29 is 17.6 Å². The summed E-state index contributed by atoms with van der Waals surface area (Å²) in [6.07, 6.45) is 5.08. The predicted octanol–water partition coefficient (Wildman–Crippen LogP) is 4.32. The van der Waals surface area contributed by atoms with Crippen molar-refractivity contribution in [1.29, 1.82) is 0 Å². The maximum Gasteiger partial charge on any atom is 0.221 e. The van der Waals surface area contributed by atoms with Crippen molar-refractivity contribution in [3.05, 3.63) is 65.5 Å². The minimum Gasteiger partial charge on any atom is -0.355 e. The van der Waals surface area contributed by atoms with Gasteiger partial charge in [-0.3, -0.25) is 4.79 Å². The summed E-state index contributed by atoms with van der Waals surface area (Å²) in [6, 6.07) is 13.2. The molecule has 0 aromatic heterocycles.